The Hall–Kier alpha value is -2.74. The molecule has 0 spiro atoms. The van der Waals surface area contributed by atoms with Crippen molar-refractivity contribution in [1.82, 2.24) is 9.80 Å². The van der Waals surface area contributed by atoms with Crippen LogP contribution in [0.15, 0.2) is 52.0 Å². The quantitative estimate of drug-likeness (QED) is 0.801. The van der Waals surface area contributed by atoms with E-state index in [1.54, 1.807) is 28.9 Å². The number of para-hydroxylation sites is 1. The molecule has 0 saturated carbocycles. The molecule has 3 amide bonds. The lowest BCUT2D eigenvalue weighted by molar-refractivity contribution is -0.138. The van der Waals surface area contributed by atoms with Crippen LogP contribution < -0.4 is 5.32 Å². The van der Waals surface area contributed by atoms with E-state index in [9.17, 15) is 14.4 Å². The molecule has 2 aromatic rings. The number of carbonyl (C=O) groups is 3. The Labute approximate surface area is 160 Å². The van der Waals surface area contributed by atoms with Gasteiger partial charge in [0, 0.05) is 31.1 Å². The number of piperazine rings is 1. The van der Waals surface area contributed by atoms with Crippen molar-refractivity contribution in [2.24, 2.45) is 0 Å². The standard InChI is InChI=1S/C19H19N3O4S/c1-19(17(24)20-13-5-2-3-7-15(13)27-19)18(25)22-10-8-21(9-11-22)16(23)14-6-4-12-26-14/h2-7,12H,8-11H2,1H3,(H,20,24). The molecule has 1 aromatic heterocycles. The first-order valence-electron chi connectivity index (χ1n) is 8.71. The maximum Gasteiger partial charge on any atom is 0.289 e. The average molecular weight is 385 g/mol. The van der Waals surface area contributed by atoms with Gasteiger partial charge >= 0.3 is 0 Å². The van der Waals surface area contributed by atoms with Crippen molar-refractivity contribution in [1.29, 1.82) is 0 Å². The van der Waals surface area contributed by atoms with E-state index in [4.69, 9.17) is 4.42 Å². The van der Waals surface area contributed by atoms with E-state index in [1.807, 2.05) is 24.3 Å². The molecule has 1 aromatic carbocycles. The average Bonchev–Trinajstić information content (AvgIpc) is 3.22. The number of amides is 3. The molecule has 3 heterocycles. The second kappa shape index (κ2) is 6.77. The van der Waals surface area contributed by atoms with Crippen LogP contribution in [0.2, 0.25) is 0 Å². The van der Waals surface area contributed by atoms with Crippen molar-refractivity contribution >= 4 is 35.2 Å². The van der Waals surface area contributed by atoms with Crippen LogP contribution in [0.4, 0.5) is 5.69 Å². The van der Waals surface area contributed by atoms with Crippen molar-refractivity contribution in [3.8, 4) is 0 Å². The minimum absolute atomic E-state index is 0.183. The molecule has 2 aliphatic heterocycles. The molecule has 4 rings (SSSR count). The Morgan fingerprint density at radius 1 is 1.07 bits per heavy atom. The largest absolute Gasteiger partial charge is 0.459 e. The highest BCUT2D eigenvalue weighted by Gasteiger charge is 2.48. The lowest BCUT2D eigenvalue weighted by Gasteiger charge is -2.40. The number of nitrogens with zero attached hydrogens (tertiary/aromatic N) is 2. The van der Waals surface area contributed by atoms with E-state index in [1.165, 1.54) is 18.0 Å². The van der Waals surface area contributed by atoms with Crippen LogP contribution in [0.3, 0.4) is 0 Å². The zero-order valence-electron chi connectivity index (χ0n) is 14.8. The molecule has 1 N–H and O–H groups in total. The van der Waals surface area contributed by atoms with Crippen molar-refractivity contribution in [2.75, 3.05) is 31.5 Å². The minimum Gasteiger partial charge on any atom is -0.459 e. The number of benzene rings is 1. The molecule has 1 fully saturated rings. The van der Waals surface area contributed by atoms with E-state index in [-0.39, 0.29) is 17.7 Å². The zero-order chi connectivity index (χ0) is 19.0. The van der Waals surface area contributed by atoms with Gasteiger partial charge in [-0.1, -0.05) is 23.9 Å². The number of hydrogen-bond acceptors (Lipinski definition) is 5. The van der Waals surface area contributed by atoms with Crippen molar-refractivity contribution in [2.45, 2.75) is 16.6 Å². The van der Waals surface area contributed by atoms with Gasteiger partial charge < -0.3 is 19.5 Å². The third-order valence-electron chi connectivity index (χ3n) is 4.88. The Morgan fingerprint density at radius 2 is 1.78 bits per heavy atom. The van der Waals surface area contributed by atoms with Gasteiger partial charge in [0.15, 0.2) is 10.5 Å². The molecule has 1 unspecified atom stereocenters. The number of fused-ring (bicyclic) bond motifs is 1. The van der Waals surface area contributed by atoms with Crippen molar-refractivity contribution in [3.63, 3.8) is 0 Å². The molecule has 0 bridgehead atoms. The van der Waals surface area contributed by atoms with Crippen molar-refractivity contribution in [3.05, 3.63) is 48.4 Å². The lowest BCUT2D eigenvalue weighted by Crippen LogP contribution is -2.58. The third-order valence-corrected chi connectivity index (χ3v) is 6.22. The third kappa shape index (κ3) is 3.10. The monoisotopic (exact) mass is 385 g/mol. The molecular weight excluding hydrogens is 366 g/mol. The topological polar surface area (TPSA) is 82.9 Å². The van der Waals surface area contributed by atoms with E-state index in [2.05, 4.69) is 5.32 Å². The molecule has 0 radical (unpaired) electrons. The summed E-state index contributed by atoms with van der Waals surface area (Å²) in [6.45, 7) is 3.24. The second-order valence-electron chi connectivity index (χ2n) is 6.65. The van der Waals surface area contributed by atoms with Gasteiger partial charge in [0.1, 0.15) is 0 Å². The summed E-state index contributed by atoms with van der Waals surface area (Å²) in [6.07, 6.45) is 1.46. The molecule has 2 aliphatic rings. The molecule has 27 heavy (non-hydrogen) atoms. The molecule has 1 saturated heterocycles. The number of nitrogens with one attached hydrogen (secondary N) is 1. The minimum atomic E-state index is -1.22. The zero-order valence-corrected chi connectivity index (χ0v) is 15.6. The summed E-state index contributed by atoms with van der Waals surface area (Å²) in [5.74, 6) is -0.438. The van der Waals surface area contributed by atoms with Crippen LogP contribution in [0, 0.1) is 0 Å². The van der Waals surface area contributed by atoms with Crippen LogP contribution >= 0.6 is 11.8 Å². The van der Waals surface area contributed by atoms with Gasteiger partial charge in [0.05, 0.1) is 12.0 Å². The first-order valence-corrected chi connectivity index (χ1v) is 9.52. The highest BCUT2D eigenvalue weighted by Crippen LogP contribution is 2.43. The van der Waals surface area contributed by atoms with Crippen LogP contribution in [-0.2, 0) is 9.59 Å². The van der Waals surface area contributed by atoms with E-state index in [0.29, 0.717) is 31.9 Å². The summed E-state index contributed by atoms with van der Waals surface area (Å²) in [7, 11) is 0. The normalized spacial score (nSPS) is 22.2. The number of furan rings is 1. The molecule has 140 valence electrons. The first-order chi connectivity index (χ1) is 13.0. The maximum atomic E-state index is 13.1. The van der Waals surface area contributed by atoms with Gasteiger partial charge in [0.25, 0.3) is 5.91 Å². The highest BCUT2D eigenvalue weighted by molar-refractivity contribution is 8.02. The molecule has 7 nitrogen and oxygen atoms in total. The number of carbonyl (C=O) groups excluding carboxylic acids is 3. The van der Waals surface area contributed by atoms with Crippen LogP contribution in [0.25, 0.3) is 0 Å². The second-order valence-corrected chi connectivity index (χ2v) is 8.11. The fourth-order valence-electron chi connectivity index (χ4n) is 3.28. The summed E-state index contributed by atoms with van der Waals surface area (Å²) in [4.78, 5) is 42.3. The van der Waals surface area contributed by atoms with Gasteiger partial charge in [-0.05, 0) is 31.2 Å². The van der Waals surface area contributed by atoms with Gasteiger partial charge in [-0.2, -0.15) is 0 Å². The summed E-state index contributed by atoms with van der Waals surface area (Å²) >= 11 is 1.28. The Balaban J connectivity index is 1.45. The fourth-order valence-corrected chi connectivity index (χ4v) is 4.45. The summed E-state index contributed by atoms with van der Waals surface area (Å²) in [5.41, 5.74) is 0.728. The molecule has 1 atom stereocenters. The van der Waals surface area contributed by atoms with Crippen LogP contribution in [-0.4, -0.2) is 58.4 Å². The maximum absolute atomic E-state index is 13.1. The number of anilines is 1. The van der Waals surface area contributed by atoms with Crippen LogP contribution in [0.1, 0.15) is 17.5 Å². The van der Waals surface area contributed by atoms with Gasteiger partial charge in [-0.15, -0.1) is 0 Å². The first kappa shape index (κ1) is 17.7. The molecular formula is C19H19N3O4S. The van der Waals surface area contributed by atoms with Crippen LogP contribution in [0.5, 0.6) is 0 Å². The Bertz CT molecular complexity index is 890. The van der Waals surface area contributed by atoms with Gasteiger partial charge in [0.2, 0.25) is 11.8 Å². The Kier molecular flexibility index (Phi) is 4.43. The van der Waals surface area contributed by atoms with E-state index >= 15 is 0 Å². The van der Waals surface area contributed by atoms with Gasteiger partial charge in [-0.25, -0.2) is 0 Å². The Morgan fingerprint density at radius 3 is 2.48 bits per heavy atom. The molecule has 0 aliphatic carbocycles. The predicted molar refractivity (Wildman–Crippen MR) is 101 cm³/mol. The summed E-state index contributed by atoms with van der Waals surface area (Å²) < 4.78 is 3.93. The highest BCUT2D eigenvalue weighted by atomic mass is 32.2. The summed E-state index contributed by atoms with van der Waals surface area (Å²) in [6, 6.07) is 10.7. The fraction of sp³-hybridized carbons (Fsp3) is 0.316. The SMILES string of the molecule is CC1(C(=O)N2CCN(C(=O)c3ccco3)CC2)Sc2ccccc2NC1=O. The number of hydrogen-bond donors (Lipinski definition) is 1. The van der Waals surface area contributed by atoms with Gasteiger partial charge in [-0.3, -0.25) is 14.4 Å². The summed E-state index contributed by atoms with van der Waals surface area (Å²) in [5, 5.41) is 2.83. The smallest absolute Gasteiger partial charge is 0.289 e. The molecule has 8 heteroatoms. The van der Waals surface area contributed by atoms with E-state index in [0.717, 1.165) is 10.6 Å². The lowest BCUT2D eigenvalue weighted by atomic mass is 10.1. The number of rotatable bonds is 2. The predicted octanol–water partition coefficient (Wildman–Crippen LogP) is 2.07. The van der Waals surface area contributed by atoms with E-state index < -0.39 is 4.75 Å². The number of thioether (sulfide) groups is 1. The van der Waals surface area contributed by atoms with Crippen molar-refractivity contribution < 1.29 is 18.8 Å².